The van der Waals surface area contributed by atoms with E-state index in [-0.39, 0.29) is 0 Å². The molecule has 118 valence electrons. The summed E-state index contributed by atoms with van der Waals surface area (Å²) in [6.45, 7) is 7.29. The van der Waals surface area contributed by atoms with Gasteiger partial charge in [-0.2, -0.15) is 0 Å². The van der Waals surface area contributed by atoms with Crippen LogP contribution >= 0.6 is 11.3 Å². The average Bonchev–Trinajstić information content (AvgIpc) is 2.90. The molecule has 0 aliphatic carbocycles. The number of likely N-dealkylation sites (tertiary alicyclic amines) is 1. The zero-order chi connectivity index (χ0) is 15.5. The van der Waals surface area contributed by atoms with Gasteiger partial charge >= 0.3 is 0 Å². The number of hydrogen-bond acceptors (Lipinski definition) is 5. The third-order valence-corrected chi connectivity index (χ3v) is 4.93. The van der Waals surface area contributed by atoms with Crippen LogP contribution in [0.3, 0.4) is 0 Å². The standard InChI is InChI=1S/C17H23N3OS/c1-12-3-4-13(2)16(9-12)21-14-5-7-20(8-6-14)11-15-10-19-17(18)22-15/h3-4,9-10,14H,5-8,11H2,1-2H3,(H2,18,19). The average molecular weight is 317 g/mol. The summed E-state index contributed by atoms with van der Waals surface area (Å²) in [4.78, 5) is 7.81. The van der Waals surface area contributed by atoms with Crippen LogP contribution in [0.15, 0.2) is 24.4 Å². The highest BCUT2D eigenvalue weighted by molar-refractivity contribution is 7.15. The fraction of sp³-hybridized carbons (Fsp3) is 0.471. The largest absolute Gasteiger partial charge is 0.490 e. The van der Waals surface area contributed by atoms with Crippen molar-refractivity contribution in [1.29, 1.82) is 0 Å². The summed E-state index contributed by atoms with van der Waals surface area (Å²) in [5.74, 6) is 1.04. The first-order chi connectivity index (χ1) is 10.6. The minimum absolute atomic E-state index is 0.322. The first-order valence-electron chi connectivity index (χ1n) is 7.76. The summed E-state index contributed by atoms with van der Waals surface area (Å²) in [5.41, 5.74) is 8.15. The van der Waals surface area contributed by atoms with E-state index in [9.17, 15) is 0 Å². The predicted octanol–water partition coefficient (Wildman–Crippen LogP) is 3.39. The number of nitrogens with two attached hydrogens (primary N) is 1. The van der Waals surface area contributed by atoms with Crippen LogP contribution in [0.5, 0.6) is 5.75 Å². The maximum Gasteiger partial charge on any atom is 0.180 e. The molecule has 0 saturated carbocycles. The molecule has 0 spiro atoms. The normalized spacial score (nSPS) is 16.8. The second-order valence-corrected chi connectivity index (χ2v) is 7.17. The van der Waals surface area contributed by atoms with Crippen molar-refractivity contribution in [2.24, 2.45) is 0 Å². The highest BCUT2D eigenvalue weighted by atomic mass is 32.1. The Morgan fingerprint density at radius 2 is 2.09 bits per heavy atom. The molecule has 1 fully saturated rings. The molecule has 0 bridgehead atoms. The number of aryl methyl sites for hydroxylation is 2. The zero-order valence-corrected chi connectivity index (χ0v) is 14.0. The van der Waals surface area contributed by atoms with E-state index >= 15 is 0 Å². The van der Waals surface area contributed by atoms with Gasteiger partial charge < -0.3 is 10.5 Å². The van der Waals surface area contributed by atoms with Gasteiger partial charge in [-0.25, -0.2) is 4.98 Å². The Morgan fingerprint density at radius 3 is 2.77 bits per heavy atom. The summed E-state index contributed by atoms with van der Waals surface area (Å²) in [6, 6.07) is 6.40. The Labute approximate surface area is 135 Å². The van der Waals surface area contributed by atoms with E-state index in [4.69, 9.17) is 10.5 Å². The third-order valence-electron chi connectivity index (χ3n) is 4.12. The van der Waals surface area contributed by atoms with Gasteiger partial charge in [0.25, 0.3) is 0 Å². The molecule has 0 atom stereocenters. The summed E-state index contributed by atoms with van der Waals surface area (Å²) in [5, 5.41) is 0.656. The van der Waals surface area contributed by atoms with Crippen LogP contribution in [0.1, 0.15) is 28.8 Å². The smallest absolute Gasteiger partial charge is 0.180 e. The van der Waals surface area contributed by atoms with Gasteiger partial charge in [0.1, 0.15) is 11.9 Å². The predicted molar refractivity (Wildman–Crippen MR) is 91.4 cm³/mol. The Balaban J connectivity index is 1.52. The van der Waals surface area contributed by atoms with Gasteiger partial charge in [0, 0.05) is 30.7 Å². The number of aromatic nitrogens is 1. The van der Waals surface area contributed by atoms with Crippen LogP contribution in [0, 0.1) is 13.8 Å². The van der Waals surface area contributed by atoms with Gasteiger partial charge in [-0.05, 0) is 43.9 Å². The van der Waals surface area contributed by atoms with Crippen molar-refractivity contribution in [2.45, 2.75) is 39.3 Å². The fourth-order valence-electron chi connectivity index (χ4n) is 2.82. The molecular weight excluding hydrogens is 294 g/mol. The molecule has 0 unspecified atom stereocenters. The van der Waals surface area contributed by atoms with E-state index in [1.54, 1.807) is 11.3 Å². The maximum atomic E-state index is 6.21. The number of piperidine rings is 1. The summed E-state index contributed by atoms with van der Waals surface area (Å²) < 4.78 is 6.21. The van der Waals surface area contributed by atoms with Crippen molar-refractivity contribution >= 4 is 16.5 Å². The number of benzene rings is 1. The number of ether oxygens (including phenoxy) is 1. The zero-order valence-electron chi connectivity index (χ0n) is 13.2. The second kappa shape index (κ2) is 6.67. The Hall–Kier alpha value is -1.59. The van der Waals surface area contributed by atoms with Crippen LogP contribution in [0.4, 0.5) is 5.13 Å². The molecule has 1 aliphatic heterocycles. The molecule has 2 N–H and O–H groups in total. The van der Waals surface area contributed by atoms with Crippen molar-refractivity contribution in [2.75, 3.05) is 18.8 Å². The highest BCUT2D eigenvalue weighted by Crippen LogP contribution is 2.25. The minimum atomic E-state index is 0.322. The number of nitrogen functional groups attached to an aromatic ring is 1. The van der Waals surface area contributed by atoms with Crippen molar-refractivity contribution in [3.05, 3.63) is 40.4 Å². The number of hydrogen-bond donors (Lipinski definition) is 1. The molecule has 5 heteroatoms. The molecule has 3 rings (SSSR count). The topological polar surface area (TPSA) is 51.4 Å². The van der Waals surface area contributed by atoms with Gasteiger partial charge in [0.05, 0.1) is 0 Å². The molecule has 1 aromatic heterocycles. The molecule has 0 radical (unpaired) electrons. The molecule has 2 aromatic rings. The molecule has 4 nitrogen and oxygen atoms in total. The van der Waals surface area contributed by atoms with Crippen LogP contribution < -0.4 is 10.5 Å². The third kappa shape index (κ3) is 3.78. The van der Waals surface area contributed by atoms with E-state index in [2.05, 4.69) is 41.9 Å². The lowest BCUT2D eigenvalue weighted by molar-refractivity contribution is 0.0967. The number of rotatable bonds is 4. The van der Waals surface area contributed by atoms with Crippen molar-refractivity contribution in [1.82, 2.24) is 9.88 Å². The van der Waals surface area contributed by atoms with Crippen molar-refractivity contribution < 1.29 is 4.74 Å². The SMILES string of the molecule is Cc1ccc(C)c(OC2CCN(Cc3cnc(N)s3)CC2)c1. The Bertz CT molecular complexity index is 633. The van der Waals surface area contributed by atoms with Gasteiger partial charge in [0.15, 0.2) is 5.13 Å². The molecule has 22 heavy (non-hydrogen) atoms. The van der Waals surface area contributed by atoms with E-state index < -0.39 is 0 Å². The summed E-state index contributed by atoms with van der Waals surface area (Å²) >= 11 is 1.58. The van der Waals surface area contributed by atoms with E-state index in [1.165, 1.54) is 16.0 Å². The van der Waals surface area contributed by atoms with E-state index in [1.807, 2.05) is 6.20 Å². The van der Waals surface area contributed by atoms with Gasteiger partial charge in [-0.3, -0.25) is 4.90 Å². The van der Waals surface area contributed by atoms with Gasteiger partial charge in [0.2, 0.25) is 0 Å². The first-order valence-corrected chi connectivity index (χ1v) is 8.58. The lowest BCUT2D eigenvalue weighted by atomic mass is 10.1. The maximum absolute atomic E-state index is 6.21. The lowest BCUT2D eigenvalue weighted by Gasteiger charge is -2.32. The van der Waals surface area contributed by atoms with Gasteiger partial charge in [-0.1, -0.05) is 12.1 Å². The number of anilines is 1. The fourth-order valence-corrected chi connectivity index (χ4v) is 3.54. The van der Waals surface area contributed by atoms with Crippen LogP contribution in [-0.4, -0.2) is 29.1 Å². The van der Waals surface area contributed by atoms with Crippen LogP contribution in [-0.2, 0) is 6.54 Å². The molecule has 1 aromatic carbocycles. The van der Waals surface area contributed by atoms with Crippen LogP contribution in [0.25, 0.3) is 0 Å². The minimum Gasteiger partial charge on any atom is -0.490 e. The quantitative estimate of drug-likeness (QED) is 0.939. The summed E-state index contributed by atoms with van der Waals surface area (Å²) in [7, 11) is 0. The highest BCUT2D eigenvalue weighted by Gasteiger charge is 2.21. The van der Waals surface area contributed by atoms with E-state index in [0.717, 1.165) is 38.2 Å². The molecular formula is C17H23N3OS. The monoisotopic (exact) mass is 317 g/mol. The second-order valence-electron chi connectivity index (χ2n) is 6.03. The molecule has 1 aliphatic rings. The number of thiazole rings is 1. The molecule has 1 saturated heterocycles. The van der Waals surface area contributed by atoms with Crippen LogP contribution in [0.2, 0.25) is 0 Å². The van der Waals surface area contributed by atoms with Crippen molar-refractivity contribution in [3.63, 3.8) is 0 Å². The first kappa shape index (κ1) is 15.3. The lowest BCUT2D eigenvalue weighted by Crippen LogP contribution is -2.37. The summed E-state index contributed by atoms with van der Waals surface area (Å²) in [6.07, 6.45) is 4.35. The molecule has 2 heterocycles. The Kier molecular flexibility index (Phi) is 4.64. The number of nitrogens with zero attached hydrogens (tertiary/aromatic N) is 2. The van der Waals surface area contributed by atoms with Gasteiger partial charge in [-0.15, -0.1) is 11.3 Å². The Morgan fingerprint density at radius 1 is 1.32 bits per heavy atom. The van der Waals surface area contributed by atoms with E-state index in [0.29, 0.717) is 11.2 Å². The molecule has 0 amide bonds. The van der Waals surface area contributed by atoms with Crippen molar-refractivity contribution in [3.8, 4) is 5.75 Å².